The van der Waals surface area contributed by atoms with Crippen LogP contribution in [0.5, 0.6) is 11.5 Å². The maximum absolute atomic E-state index is 12.9. The molecule has 0 aliphatic carbocycles. The molecule has 1 heterocycles. The third kappa shape index (κ3) is 6.13. The lowest BCUT2D eigenvalue weighted by Gasteiger charge is -2.12. The molecule has 2 aromatic rings. The molecule has 11 heteroatoms. The predicted molar refractivity (Wildman–Crippen MR) is 105 cm³/mol. The van der Waals surface area contributed by atoms with E-state index < -0.39 is 29.8 Å². The van der Waals surface area contributed by atoms with E-state index in [9.17, 15) is 22.8 Å². The molecule has 1 aliphatic rings. The zero-order valence-electron chi connectivity index (χ0n) is 16.8. The minimum atomic E-state index is -4.50. The highest BCUT2D eigenvalue weighted by atomic mass is 19.4. The summed E-state index contributed by atoms with van der Waals surface area (Å²) >= 11 is 0. The van der Waals surface area contributed by atoms with Crippen LogP contribution in [0.15, 0.2) is 47.6 Å². The van der Waals surface area contributed by atoms with E-state index in [2.05, 4.69) is 5.16 Å². The first kappa shape index (κ1) is 22.9. The van der Waals surface area contributed by atoms with Crippen molar-refractivity contribution in [1.29, 1.82) is 0 Å². The van der Waals surface area contributed by atoms with E-state index in [0.717, 1.165) is 11.6 Å². The van der Waals surface area contributed by atoms with Crippen LogP contribution < -0.4 is 14.8 Å². The average molecular weight is 452 g/mol. The molecular weight excluding hydrogens is 433 g/mol. The van der Waals surface area contributed by atoms with Crippen molar-refractivity contribution in [2.75, 3.05) is 13.7 Å². The second kappa shape index (κ2) is 10.0. The molecule has 1 saturated heterocycles. The molecule has 0 saturated carbocycles. The number of carbonyl (C=O) groups is 2. The summed E-state index contributed by atoms with van der Waals surface area (Å²) in [7, 11) is 1.17. The fourth-order valence-corrected chi connectivity index (χ4v) is 2.76. The van der Waals surface area contributed by atoms with Gasteiger partial charge < -0.3 is 19.0 Å². The van der Waals surface area contributed by atoms with Gasteiger partial charge in [-0.15, -0.1) is 0 Å². The molecule has 2 aromatic carbocycles. The van der Waals surface area contributed by atoms with Gasteiger partial charge in [-0.25, -0.2) is 4.79 Å². The minimum absolute atomic E-state index is 0.0168. The van der Waals surface area contributed by atoms with Crippen LogP contribution in [0.2, 0.25) is 0 Å². The lowest BCUT2D eigenvalue weighted by atomic mass is 10.1. The normalized spacial score (nSPS) is 16.1. The first-order valence-corrected chi connectivity index (χ1v) is 9.37. The van der Waals surface area contributed by atoms with Crippen LogP contribution in [0, 0.1) is 0 Å². The van der Waals surface area contributed by atoms with Crippen LogP contribution in [0.25, 0.3) is 0 Å². The number of carbonyl (C=O) groups excluding carboxylic acids is 2. The molecule has 170 valence electrons. The van der Waals surface area contributed by atoms with Crippen LogP contribution in [0.1, 0.15) is 16.7 Å². The van der Waals surface area contributed by atoms with E-state index in [1.54, 1.807) is 24.3 Å². The molecule has 0 radical (unpaired) electrons. The van der Waals surface area contributed by atoms with Crippen LogP contribution in [0.3, 0.4) is 0 Å². The molecule has 1 atom stereocenters. The number of ether oxygens (including phenoxy) is 3. The molecule has 0 spiro atoms. The van der Waals surface area contributed by atoms with Crippen LogP contribution in [-0.2, 0) is 33.6 Å². The number of imide groups is 1. The van der Waals surface area contributed by atoms with Gasteiger partial charge in [0.2, 0.25) is 6.10 Å². The number of cyclic esters (lactones) is 1. The van der Waals surface area contributed by atoms with E-state index in [0.29, 0.717) is 17.7 Å². The molecule has 1 aliphatic heterocycles. The summed E-state index contributed by atoms with van der Waals surface area (Å²) in [4.78, 5) is 27.5. The Kier molecular flexibility index (Phi) is 7.18. The Bertz CT molecular complexity index is 992. The summed E-state index contributed by atoms with van der Waals surface area (Å²) in [5.41, 5.74) is 0.522. The van der Waals surface area contributed by atoms with Gasteiger partial charge in [0.1, 0.15) is 24.7 Å². The summed E-state index contributed by atoms with van der Waals surface area (Å²) in [5.74, 6) is -0.330. The third-order valence-corrected chi connectivity index (χ3v) is 4.37. The minimum Gasteiger partial charge on any atom is -0.496 e. The van der Waals surface area contributed by atoms with E-state index in [1.807, 2.05) is 5.32 Å². The van der Waals surface area contributed by atoms with Crippen LogP contribution in [-0.4, -0.2) is 38.0 Å². The maximum Gasteiger partial charge on any atom is 0.419 e. The molecule has 2 amide bonds. The van der Waals surface area contributed by atoms with Crippen molar-refractivity contribution >= 4 is 18.2 Å². The molecule has 1 fully saturated rings. The number of hydrogen-bond acceptors (Lipinski definition) is 7. The number of halogens is 3. The Hall–Kier alpha value is -3.76. The largest absolute Gasteiger partial charge is 0.496 e. The monoisotopic (exact) mass is 452 g/mol. The molecule has 1 N–H and O–H groups in total. The topological polar surface area (TPSA) is 95.4 Å². The smallest absolute Gasteiger partial charge is 0.419 e. The summed E-state index contributed by atoms with van der Waals surface area (Å²) in [6.07, 6.45) is -4.31. The lowest BCUT2D eigenvalue weighted by molar-refractivity contribution is -0.138. The predicted octanol–water partition coefficient (Wildman–Crippen LogP) is 3.47. The number of amides is 2. The Morgan fingerprint density at radius 1 is 1.12 bits per heavy atom. The Morgan fingerprint density at radius 3 is 2.47 bits per heavy atom. The van der Waals surface area contributed by atoms with E-state index in [1.165, 1.54) is 25.5 Å². The van der Waals surface area contributed by atoms with Gasteiger partial charge in [0.05, 0.1) is 12.7 Å². The van der Waals surface area contributed by atoms with Crippen molar-refractivity contribution in [3.8, 4) is 11.5 Å². The Labute approximate surface area is 180 Å². The quantitative estimate of drug-likeness (QED) is 0.463. The summed E-state index contributed by atoms with van der Waals surface area (Å²) in [6, 6.07) is 10.4. The van der Waals surface area contributed by atoms with Crippen molar-refractivity contribution in [3.05, 3.63) is 59.2 Å². The fraction of sp³-hybridized carbons (Fsp3) is 0.286. The van der Waals surface area contributed by atoms with Crippen molar-refractivity contribution in [2.45, 2.75) is 25.3 Å². The second-order valence-corrected chi connectivity index (χ2v) is 6.64. The molecular formula is C21H19F3N2O6. The first-order valence-electron chi connectivity index (χ1n) is 9.37. The average Bonchev–Trinajstić information content (AvgIpc) is 3.08. The summed E-state index contributed by atoms with van der Waals surface area (Å²) in [6.45, 7) is -0.113. The highest BCUT2D eigenvalue weighted by molar-refractivity contribution is 6.00. The van der Waals surface area contributed by atoms with Gasteiger partial charge in [-0.05, 0) is 35.4 Å². The van der Waals surface area contributed by atoms with Crippen molar-refractivity contribution in [2.24, 2.45) is 5.16 Å². The molecule has 8 nitrogen and oxygen atoms in total. The first-order chi connectivity index (χ1) is 15.3. The SMILES string of the molecule is COc1cc(CON=CCc2ccc(OCC3OC(=O)NC3=O)cc2)ccc1C(F)(F)F. The number of hydrogen-bond donors (Lipinski definition) is 1. The Balaban J connectivity index is 1.43. The number of oxime groups is 1. The highest BCUT2D eigenvalue weighted by Gasteiger charge is 2.34. The van der Waals surface area contributed by atoms with Gasteiger partial charge in [0.15, 0.2) is 0 Å². The number of nitrogens with zero attached hydrogens (tertiary/aromatic N) is 1. The number of nitrogens with one attached hydrogen (secondary N) is 1. The number of rotatable bonds is 9. The molecule has 1 unspecified atom stereocenters. The van der Waals surface area contributed by atoms with Crippen LogP contribution >= 0.6 is 0 Å². The zero-order chi connectivity index (χ0) is 23.1. The fourth-order valence-electron chi connectivity index (χ4n) is 2.76. The highest BCUT2D eigenvalue weighted by Crippen LogP contribution is 2.36. The molecule has 0 bridgehead atoms. The van der Waals surface area contributed by atoms with Crippen molar-refractivity contribution in [3.63, 3.8) is 0 Å². The lowest BCUT2D eigenvalue weighted by Crippen LogP contribution is -2.29. The number of alkyl halides is 3. The van der Waals surface area contributed by atoms with E-state index >= 15 is 0 Å². The van der Waals surface area contributed by atoms with Gasteiger partial charge in [-0.3, -0.25) is 10.1 Å². The van der Waals surface area contributed by atoms with Gasteiger partial charge in [0, 0.05) is 12.6 Å². The van der Waals surface area contributed by atoms with Crippen molar-refractivity contribution < 1.29 is 41.8 Å². The van der Waals surface area contributed by atoms with Gasteiger partial charge >= 0.3 is 12.3 Å². The molecule has 32 heavy (non-hydrogen) atoms. The van der Waals surface area contributed by atoms with Gasteiger partial charge in [-0.2, -0.15) is 13.2 Å². The number of alkyl carbamates (subject to hydrolysis) is 1. The number of benzene rings is 2. The summed E-state index contributed by atoms with van der Waals surface area (Å²) < 4.78 is 53.6. The third-order valence-electron chi connectivity index (χ3n) is 4.37. The Morgan fingerprint density at radius 2 is 1.84 bits per heavy atom. The summed E-state index contributed by atoms with van der Waals surface area (Å²) in [5, 5.41) is 5.82. The number of methoxy groups -OCH3 is 1. The second-order valence-electron chi connectivity index (χ2n) is 6.64. The standard InChI is InChI=1S/C21H19F3N2O6/c1-29-17-10-14(4-7-16(17)21(22,23)24)11-31-25-9-8-13-2-5-15(6-3-13)30-12-18-19(27)26-20(28)32-18/h2-7,9-10,18H,8,11-12H2,1H3,(H,26,27,28). The van der Waals surface area contributed by atoms with Gasteiger partial charge in [0.25, 0.3) is 5.91 Å². The van der Waals surface area contributed by atoms with E-state index in [4.69, 9.17) is 19.0 Å². The molecule has 3 rings (SSSR count). The maximum atomic E-state index is 12.9. The zero-order valence-corrected chi connectivity index (χ0v) is 16.8. The van der Waals surface area contributed by atoms with Gasteiger partial charge in [-0.1, -0.05) is 23.4 Å². The molecule has 0 aromatic heterocycles. The van der Waals surface area contributed by atoms with E-state index in [-0.39, 0.29) is 19.0 Å². The van der Waals surface area contributed by atoms with Crippen LogP contribution in [0.4, 0.5) is 18.0 Å². The van der Waals surface area contributed by atoms with Crippen molar-refractivity contribution in [1.82, 2.24) is 5.32 Å².